The van der Waals surface area contributed by atoms with Crippen LogP contribution in [0, 0.1) is 11.8 Å². The number of aliphatic hydroxyl groups excluding tert-OH is 1. The highest BCUT2D eigenvalue weighted by Gasteiger charge is 2.53. The molecule has 168 valence electrons. The molecule has 0 aliphatic carbocycles. The van der Waals surface area contributed by atoms with E-state index < -0.39 is 6.10 Å². The maximum Gasteiger partial charge on any atom is 0.131 e. The number of fused-ring (bicyclic) bond motifs is 4. The van der Waals surface area contributed by atoms with Crippen LogP contribution in [-0.4, -0.2) is 40.8 Å². The first kappa shape index (κ1) is 22.8. The number of quaternary nitrogens is 1. The second kappa shape index (κ2) is 9.22. The first-order valence-corrected chi connectivity index (χ1v) is 11.3. The minimum absolute atomic E-state index is 0. The fourth-order valence-electron chi connectivity index (χ4n) is 6.07. The minimum atomic E-state index is -0.546. The Kier molecular flexibility index (Phi) is 6.57. The Bertz CT molecular complexity index is 1090. The van der Waals surface area contributed by atoms with Crippen molar-refractivity contribution in [2.45, 2.75) is 31.5 Å². The lowest BCUT2D eigenvalue weighted by molar-refractivity contribution is -0.984. The van der Waals surface area contributed by atoms with E-state index in [4.69, 9.17) is 4.74 Å². The summed E-state index contributed by atoms with van der Waals surface area (Å²) in [5.41, 5.74) is 3.19. The van der Waals surface area contributed by atoms with Crippen LogP contribution in [-0.2, 0) is 6.54 Å². The fourth-order valence-corrected chi connectivity index (χ4v) is 6.07. The number of ether oxygens (including phenoxy) is 1. The van der Waals surface area contributed by atoms with Crippen LogP contribution in [0.1, 0.15) is 30.1 Å². The SMILES string of the molecule is C=CC1C[N@@+]2(Cc3ccccc3)CC[C@H]1C[C@@H]2[C@@H](O)c1ccnc2ccc(OC)cc12.[Cl-]. The largest absolute Gasteiger partial charge is 1.00 e. The van der Waals surface area contributed by atoms with Crippen LogP contribution in [0.3, 0.4) is 0 Å². The van der Waals surface area contributed by atoms with Crippen molar-refractivity contribution < 1.29 is 26.7 Å². The number of halogens is 1. The summed E-state index contributed by atoms with van der Waals surface area (Å²) in [6.45, 7) is 7.25. The van der Waals surface area contributed by atoms with Gasteiger partial charge in [-0.25, -0.2) is 0 Å². The molecule has 1 aromatic heterocycles. The van der Waals surface area contributed by atoms with E-state index in [1.54, 1.807) is 7.11 Å². The zero-order chi connectivity index (χ0) is 21.4. The van der Waals surface area contributed by atoms with Gasteiger partial charge < -0.3 is 26.7 Å². The van der Waals surface area contributed by atoms with Gasteiger partial charge in [0.05, 0.1) is 25.7 Å². The maximum absolute atomic E-state index is 11.8. The number of aliphatic hydroxyl groups is 1. The first-order chi connectivity index (χ1) is 15.1. The van der Waals surface area contributed by atoms with Crippen LogP contribution < -0.4 is 17.1 Å². The number of pyridine rings is 1. The quantitative estimate of drug-likeness (QED) is 0.460. The molecule has 0 spiro atoms. The molecular formula is C27H31ClN2O2. The smallest absolute Gasteiger partial charge is 0.131 e. The lowest BCUT2D eigenvalue weighted by Gasteiger charge is -2.58. The fraction of sp³-hybridized carbons (Fsp3) is 0.370. The van der Waals surface area contributed by atoms with Crippen molar-refractivity contribution in [2.24, 2.45) is 11.8 Å². The molecule has 1 unspecified atom stereocenters. The second-order valence-electron chi connectivity index (χ2n) is 9.25. The van der Waals surface area contributed by atoms with Crippen molar-refractivity contribution in [2.75, 3.05) is 20.2 Å². The Morgan fingerprint density at radius 1 is 1.22 bits per heavy atom. The number of hydrogen-bond donors (Lipinski definition) is 1. The Morgan fingerprint density at radius 3 is 2.78 bits per heavy atom. The Morgan fingerprint density at radius 2 is 2.03 bits per heavy atom. The molecule has 2 aromatic carbocycles. The van der Waals surface area contributed by atoms with Crippen LogP contribution in [0.5, 0.6) is 5.75 Å². The number of benzene rings is 2. The summed E-state index contributed by atoms with van der Waals surface area (Å²) in [6.07, 6.45) is 5.65. The van der Waals surface area contributed by atoms with Gasteiger partial charge in [0.1, 0.15) is 24.4 Å². The van der Waals surface area contributed by atoms with Crippen molar-refractivity contribution in [1.29, 1.82) is 0 Å². The topological polar surface area (TPSA) is 42.4 Å². The molecule has 32 heavy (non-hydrogen) atoms. The summed E-state index contributed by atoms with van der Waals surface area (Å²) < 4.78 is 6.38. The molecule has 1 N–H and O–H groups in total. The molecule has 5 heteroatoms. The molecule has 3 aliphatic rings. The van der Waals surface area contributed by atoms with Gasteiger partial charge in [-0.15, -0.1) is 6.58 Å². The summed E-state index contributed by atoms with van der Waals surface area (Å²) in [6, 6.07) is 18.8. The summed E-state index contributed by atoms with van der Waals surface area (Å²) in [5.74, 6) is 1.92. The van der Waals surface area contributed by atoms with Gasteiger partial charge in [-0.2, -0.15) is 0 Å². The van der Waals surface area contributed by atoms with E-state index >= 15 is 0 Å². The zero-order valence-electron chi connectivity index (χ0n) is 18.5. The van der Waals surface area contributed by atoms with Crippen molar-refractivity contribution >= 4 is 10.9 Å². The van der Waals surface area contributed by atoms with Crippen molar-refractivity contribution in [3.8, 4) is 5.75 Å². The third-order valence-electron chi connectivity index (χ3n) is 7.68. The number of rotatable bonds is 6. The first-order valence-electron chi connectivity index (χ1n) is 11.3. The van der Waals surface area contributed by atoms with Gasteiger partial charge in [-0.1, -0.05) is 36.4 Å². The van der Waals surface area contributed by atoms with E-state index in [-0.39, 0.29) is 18.4 Å². The maximum atomic E-state index is 11.8. The highest BCUT2D eigenvalue weighted by molar-refractivity contribution is 5.83. The van der Waals surface area contributed by atoms with Crippen LogP contribution in [0.15, 0.2) is 73.4 Å². The highest BCUT2D eigenvalue weighted by Crippen LogP contribution is 2.48. The molecule has 3 fully saturated rings. The Hall–Kier alpha value is -2.40. The monoisotopic (exact) mass is 450 g/mol. The Balaban J connectivity index is 0.00000245. The molecule has 3 saturated heterocycles. The predicted octanol–water partition coefficient (Wildman–Crippen LogP) is 1.89. The van der Waals surface area contributed by atoms with E-state index in [0.29, 0.717) is 11.8 Å². The summed E-state index contributed by atoms with van der Waals surface area (Å²) in [7, 11) is 1.68. The second-order valence-corrected chi connectivity index (χ2v) is 9.25. The van der Waals surface area contributed by atoms with Crippen LogP contribution in [0.25, 0.3) is 10.9 Å². The van der Waals surface area contributed by atoms with Gasteiger partial charge in [0.15, 0.2) is 0 Å². The van der Waals surface area contributed by atoms with E-state index in [2.05, 4.69) is 48.0 Å². The number of nitrogens with zero attached hydrogens (tertiary/aromatic N) is 2. The summed E-state index contributed by atoms with van der Waals surface area (Å²) in [5, 5.41) is 12.8. The van der Waals surface area contributed by atoms with Gasteiger partial charge >= 0.3 is 0 Å². The van der Waals surface area contributed by atoms with Crippen LogP contribution in [0.2, 0.25) is 0 Å². The van der Waals surface area contributed by atoms with Crippen LogP contribution >= 0.6 is 0 Å². The molecular weight excluding hydrogens is 420 g/mol. The van der Waals surface area contributed by atoms with Gasteiger partial charge in [-0.3, -0.25) is 4.98 Å². The highest BCUT2D eigenvalue weighted by atomic mass is 35.5. The molecule has 0 saturated carbocycles. The van der Waals surface area contributed by atoms with Gasteiger partial charge in [0, 0.05) is 35.9 Å². The normalized spacial score (nSPS) is 27.5. The standard InChI is InChI=1S/C27H31N2O2.ClH/c1-3-20-18-29(17-19-7-5-4-6-8-19)14-12-21(20)15-26(29)27(30)23-11-13-28-25-10-9-22(31-2)16-24(23)25;/h3-11,13,16,20-21,26-27,30H,1,12,14-15,17-18H2,2H3;1H/q+1;/p-1/t20?,21-,26+,27-,29-;/m0./s1. The molecule has 4 heterocycles. The molecule has 5 atom stereocenters. The van der Waals surface area contributed by atoms with E-state index in [1.807, 2.05) is 30.5 Å². The molecule has 2 bridgehead atoms. The predicted molar refractivity (Wildman–Crippen MR) is 124 cm³/mol. The molecule has 3 aromatic rings. The number of hydrogen-bond acceptors (Lipinski definition) is 3. The molecule has 3 aliphatic heterocycles. The average molecular weight is 451 g/mol. The summed E-state index contributed by atoms with van der Waals surface area (Å²) in [4.78, 5) is 4.52. The lowest BCUT2D eigenvalue weighted by Crippen LogP contribution is -3.00. The van der Waals surface area contributed by atoms with E-state index in [1.165, 1.54) is 12.0 Å². The lowest BCUT2D eigenvalue weighted by atomic mass is 9.71. The Labute approximate surface area is 196 Å². The van der Waals surface area contributed by atoms with E-state index in [0.717, 1.165) is 52.8 Å². The molecule has 4 nitrogen and oxygen atoms in total. The third-order valence-corrected chi connectivity index (χ3v) is 7.68. The molecule has 0 radical (unpaired) electrons. The van der Waals surface area contributed by atoms with Crippen molar-refractivity contribution in [3.05, 3.63) is 84.6 Å². The third kappa shape index (κ3) is 3.92. The van der Waals surface area contributed by atoms with Gasteiger partial charge in [-0.05, 0) is 35.7 Å². The number of methoxy groups -OCH3 is 1. The molecule has 6 rings (SSSR count). The van der Waals surface area contributed by atoms with E-state index in [9.17, 15) is 5.11 Å². The summed E-state index contributed by atoms with van der Waals surface area (Å²) >= 11 is 0. The molecule has 0 amide bonds. The van der Waals surface area contributed by atoms with Gasteiger partial charge in [0.25, 0.3) is 0 Å². The van der Waals surface area contributed by atoms with Crippen molar-refractivity contribution in [1.82, 2.24) is 4.98 Å². The number of aromatic nitrogens is 1. The minimum Gasteiger partial charge on any atom is -1.00 e. The van der Waals surface area contributed by atoms with Crippen LogP contribution in [0.4, 0.5) is 0 Å². The van der Waals surface area contributed by atoms with Crippen molar-refractivity contribution in [3.63, 3.8) is 0 Å². The van der Waals surface area contributed by atoms with Gasteiger partial charge in [0.2, 0.25) is 0 Å². The zero-order valence-corrected chi connectivity index (χ0v) is 19.3. The average Bonchev–Trinajstić information content (AvgIpc) is 2.83. The number of piperidine rings is 3.